The van der Waals surface area contributed by atoms with E-state index in [1.165, 1.54) is 11.3 Å². The van der Waals surface area contributed by atoms with Gasteiger partial charge in [0, 0.05) is 24.4 Å². The zero-order chi connectivity index (χ0) is 21.5. The molecule has 0 bridgehead atoms. The lowest BCUT2D eigenvalue weighted by Crippen LogP contribution is -2.26. The van der Waals surface area contributed by atoms with Crippen LogP contribution in [0.15, 0.2) is 24.3 Å². The van der Waals surface area contributed by atoms with E-state index in [0.29, 0.717) is 36.6 Å². The Morgan fingerprint density at radius 3 is 2.63 bits per heavy atom. The smallest absolute Gasteiger partial charge is 0.341 e. The minimum atomic E-state index is -0.363. The third-order valence-corrected chi connectivity index (χ3v) is 5.99. The number of anilines is 1. The topological polar surface area (TPSA) is 77.1 Å². The predicted molar refractivity (Wildman–Crippen MR) is 117 cm³/mol. The molecule has 3 rings (SSSR count). The van der Waals surface area contributed by atoms with E-state index in [4.69, 9.17) is 14.2 Å². The molecule has 2 aromatic rings. The molecule has 30 heavy (non-hydrogen) atoms. The predicted octanol–water partition coefficient (Wildman–Crippen LogP) is 3.72. The highest BCUT2D eigenvalue weighted by Crippen LogP contribution is 2.37. The fourth-order valence-electron chi connectivity index (χ4n) is 3.32. The van der Waals surface area contributed by atoms with Gasteiger partial charge >= 0.3 is 5.97 Å². The Bertz CT molecular complexity index is 878. The van der Waals surface area contributed by atoms with E-state index in [1.54, 1.807) is 14.0 Å². The lowest BCUT2D eigenvalue weighted by atomic mass is 10.0. The molecule has 1 amide bonds. The summed E-state index contributed by atoms with van der Waals surface area (Å²) in [5.74, 6) is 1.00. The van der Waals surface area contributed by atoms with Gasteiger partial charge in [-0.15, -0.1) is 11.3 Å². The molecule has 8 heteroatoms. The number of nitrogens with zero attached hydrogens (tertiary/aromatic N) is 1. The van der Waals surface area contributed by atoms with Gasteiger partial charge in [-0.2, -0.15) is 0 Å². The molecule has 0 saturated heterocycles. The van der Waals surface area contributed by atoms with E-state index in [1.807, 2.05) is 31.3 Å². The second kappa shape index (κ2) is 10.4. The zero-order valence-electron chi connectivity index (χ0n) is 17.7. The lowest BCUT2D eigenvalue weighted by Gasteiger charge is -2.22. The number of methoxy groups -OCH3 is 1. The van der Waals surface area contributed by atoms with Crippen molar-refractivity contribution in [2.45, 2.75) is 32.7 Å². The first-order chi connectivity index (χ1) is 14.5. The molecule has 1 aromatic carbocycles. The SMILES string of the molecule is CCOC(=O)c1c(NC(=O)CCCOc2ccc(OC)cc2)sc2c1CCN(C)C2. The molecule has 1 N–H and O–H groups in total. The van der Waals surface area contributed by atoms with Gasteiger partial charge in [0.25, 0.3) is 0 Å². The summed E-state index contributed by atoms with van der Waals surface area (Å²) in [6.07, 6.45) is 1.66. The first-order valence-corrected chi connectivity index (χ1v) is 10.9. The van der Waals surface area contributed by atoms with Gasteiger partial charge in [0.05, 0.1) is 25.9 Å². The maximum atomic E-state index is 12.5. The normalized spacial score (nSPS) is 13.4. The fourth-order valence-corrected chi connectivity index (χ4v) is 4.65. The summed E-state index contributed by atoms with van der Waals surface area (Å²) < 4.78 is 16.0. The first kappa shape index (κ1) is 22.1. The van der Waals surface area contributed by atoms with Crippen LogP contribution in [0.3, 0.4) is 0 Å². The monoisotopic (exact) mass is 432 g/mol. The molecule has 162 valence electrons. The Kier molecular flexibility index (Phi) is 7.70. The highest BCUT2D eigenvalue weighted by molar-refractivity contribution is 7.17. The Morgan fingerprint density at radius 1 is 1.20 bits per heavy atom. The van der Waals surface area contributed by atoms with Crippen molar-refractivity contribution in [3.63, 3.8) is 0 Å². The van der Waals surface area contributed by atoms with Crippen LogP contribution in [0.2, 0.25) is 0 Å². The van der Waals surface area contributed by atoms with Crippen molar-refractivity contribution in [2.24, 2.45) is 0 Å². The number of thiophene rings is 1. The van der Waals surface area contributed by atoms with Crippen LogP contribution in [-0.4, -0.2) is 50.7 Å². The average molecular weight is 433 g/mol. The Labute approximate surface area is 180 Å². The molecule has 0 radical (unpaired) electrons. The van der Waals surface area contributed by atoms with Crippen molar-refractivity contribution >= 4 is 28.2 Å². The molecule has 0 atom stereocenters. The second-order valence-electron chi connectivity index (χ2n) is 7.09. The summed E-state index contributed by atoms with van der Waals surface area (Å²) >= 11 is 1.47. The number of ether oxygens (including phenoxy) is 3. The molecule has 0 spiro atoms. The van der Waals surface area contributed by atoms with Crippen LogP contribution in [-0.2, 0) is 22.5 Å². The molecule has 1 aliphatic heterocycles. The van der Waals surface area contributed by atoms with Gasteiger partial charge < -0.3 is 24.4 Å². The van der Waals surface area contributed by atoms with E-state index in [-0.39, 0.29) is 11.9 Å². The highest BCUT2D eigenvalue weighted by atomic mass is 32.1. The summed E-state index contributed by atoms with van der Waals surface area (Å²) in [7, 11) is 3.66. The van der Waals surface area contributed by atoms with E-state index < -0.39 is 0 Å². The van der Waals surface area contributed by atoms with Crippen molar-refractivity contribution in [3.05, 3.63) is 40.3 Å². The van der Waals surface area contributed by atoms with Crippen LogP contribution in [0.25, 0.3) is 0 Å². The van der Waals surface area contributed by atoms with Crippen molar-refractivity contribution in [2.75, 3.05) is 39.2 Å². The van der Waals surface area contributed by atoms with Crippen LogP contribution < -0.4 is 14.8 Å². The Hall–Kier alpha value is -2.58. The number of hydrogen-bond donors (Lipinski definition) is 1. The van der Waals surface area contributed by atoms with Crippen molar-refractivity contribution < 1.29 is 23.8 Å². The zero-order valence-corrected chi connectivity index (χ0v) is 18.5. The molecule has 0 aliphatic carbocycles. The minimum Gasteiger partial charge on any atom is -0.497 e. The van der Waals surface area contributed by atoms with Gasteiger partial charge in [0.2, 0.25) is 5.91 Å². The van der Waals surface area contributed by atoms with Crippen LogP contribution in [0, 0.1) is 0 Å². The number of nitrogens with one attached hydrogen (secondary N) is 1. The third kappa shape index (κ3) is 5.52. The van der Waals surface area contributed by atoms with Crippen molar-refractivity contribution in [3.8, 4) is 11.5 Å². The Balaban J connectivity index is 1.56. The van der Waals surface area contributed by atoms with E-state index in [9.17, 15) is 9.59 Å². The number of benzene rings is 1. The van der Waals surface area contributed by atoms with E-state index >= 15 is 0 Å². The molecule has 7 nitrogen and oxygen atoms in total. The average Bonchev–Trinajstić information content (AvgIpc) is 3.08. The molecule has 2 heterocycles. The summed E-state index contributed by atoms with van der Waals surface area (Å²) in [5, 5.41) is 3.52. The Morgan fingerprint density at radius 2 is 1.93 bits per heavy atom. The number of amides is 1. The maximum Gasteiger partial charge on any atom is 0.341 e. The van der Waals surface area contributed by atoms with E-state index in [2.05, 4.69) is 10.2 Å². The molecule has 0 fully saturated rings. The fraction of sp³-hybridized carbons (Fsp3) is 0.455. The molecular weight excluding hydrogens is 404 g/mol. The van der Waals surface area contributed by atoms with E-state index in [0.717, 1.165) is 41.4 Å². The molecule has 1 aromatic heterocycles. The number of carbonyl (C=O) groups excluding carboxylic acids is 2. The molecule has 1 aliphatic rings. The number of fused-ring (bicyclic) bond motifs is 1. The standard InChI is InChI=1S/C22H28N2O5S/c1-4-28-22(26)20-17-11-12-24(2)14-18(17)30-21(20)23-19(25)6-5-13-29-16-9-7-15(27-3)8-10-16/h7-10H,4-6,11-14H2,1-3H3,(H,23,25). The second-order valence-corrected chi connectivity index (χ2v) is 8.20. The minimum absolute atomic E-state index is 0.133. The van der Waals surface area contributed by atoms with Gasteiger partial charge in [-0.25, -0.2) is 4.79 Å². The first-order valence-electron chi connectivity index (χ1n) is 10.1. The molecular formula is C22H28N2O5S. The van der Waals surface area contributed by atoms with Gasteiger partial charge in [-0.3, -0.25) is 4.79 Å². The number of carbonyl (C=O) groups is 2. The molecule has 0 unspecified atom stereocenters. The summed E-state index contributed by atoms with van der Waals surface area (Å²) in [6, 6.07) is 7.32. The van der Waals surface area contributed by atoms with Gasteiger partial charge in [-0.1, -0.05) is 0 Å². The van der Waals surface area contributed by atoms with Crippen LogP contribution in [0.4, 0.5) is 5.00 Å². The number of rotatable bonds is 9. The summed E-state index contributed by atoms with van der Waals surface area (Å²) in [5.41, 5.74) is 1.53. The van der Waals surface area contributed by atoms with Crippen LogP contribution >= 0.6 is 11.3 Å². The number of hydrogen-bond acceptors (Lipinski definition) is 7. The number of likely N-dealkylation sites (N-methyl/N-ethyl adjacent to an activating group) is 1. The largest absolute Gasteiger partial charge is 0.497 e. The molecule has 0 saturated carbocycles. The highest BCUT2D eigenvalue weighted by Gasteiger charge is 2.28. The van der Waals surface area contributed by atoms with Crippen molar-refractivity contribution in [1.82, 2.24) is 4.90 Å². The summed E-state index contributed by atoms with van der Waals surface area (Å²) in [4.78, 5) is 28.3. The maximum absolute atomic E-state index is 12.5. The third-order valence-electron chi connectivity index (χ3n) is 4.86. The van der Waals surface area contributed by atoms with Gasteiger partial charge in [0.1, 0.15) is 16.5 Å². The van der Waals surface area contributed by atoms with Crippen LogP contribution in [0.1, 0.15) is 40.6 Å². The van der Waals surface area contributed by atoms with Gasteiger partial charge in [0.15, 0.2) is 0 Å². The lowest BCUT2D eigenvalue weighted by molar-refractivity contribution is -0.116. The summed E-state index contributed by atoms with van der Waals surface area (Å²) in [6.45, 7) is 4.17. The van der Waals surface area contributed by atoms with Crippen molar-refractivity contribution in [1.29, 1.82) is 0 Å². The van der Waals surface area contributed by atoms with Gasteiger partial charge in [-0.05, 0) is 56.6 Å². The van der Waals surface area contributed by atoms with Crippen LogP contribution in [0.5, 0.6) is 11.5 Å². The number of esters is 1. The quantitative estimate of drug-likeness (QED) is 0.481.